The molecule has 0 spiro atoms. The van der Waals surface area contributed by atoms with Crippen LogP contribution in [0.3, 0.4) is 0 Å². The molecule has 2 rings (SSSR count). The predicted molar refractivity (Wildman–Crippen MR) is 35.5 cm³/mol. The Kier molecular flexibility index (Phi) is 0.828. The summed E-state index contributed by atoms with van der Waals surface area (Å²) < 4.78 is 0. The number of nitrogens with zero attached hydrogens (tertiary/aromatic N) is 2. The third-order valence-corrected chi connectivity index (χ3v) is 1.39. The van der Waals surface area contributed by atoms with E-state index in [-0.39, 0.29) is 6.17 Å². The molecule has 0 aromatic rings. The summed E-state index contributed by atoms with van der Waals surface area (Å²) in [7, 11) is 0. The predicted octanol–water partition coefficient (Wildman–Crippen LogP) is 0.244. The minimum Gasteiger partial charge on any atom is -0.365 e. The SMILES string of the molecule is C1=CN2C=CNC2C=N1. The van der Waals surface area contributed by atoms with Gasteiger partial charge in [-0.2, -0.15) is 0 Å². The van der Waals surface area contributed by atoms with Crippen LogP contribution in [0.25, 0.3) is 0 Å². The molecule has 0 saturated carbocycles. The van der Waals surface area contributed by atoms with Crippen molar-refractivity contribution in [1.82, 2.24) is 10.2 Å². The average molecular weight is 121 g/mol. The first-order chi connectivity index (χ1) is 4.47. The molecule has 2 heterocycles. The highest BCUT2D eigenvalue weighted by atomic mass is 15.3. The highest BCUT2D eigenvalue weighted by Crippen LogP contribution is 2.06. The Hall–Kier alpha value is -1.25. The molecule has 3 nitrogen and oxygen atoms in total. The Morgan fingerprint density at radius 3 is 3.33 bits per heavy atom. The quantitative estimate of drug-likeness (QED) is 0.497. The lowest BCUT2D eigenvalue weighted by Crippen LogP contribution is -2.34. The van der Waals surface area contributed by atoms with Crippen molar-refractivity contribution in [1.29, 1.82) is 0 Å². The molecule has 0 bridgehead atoms. The first-order valence-electron chi connectivity index (χ1n) is 2.87. The van der Waals surface area contributed by atoms with Crippen LogP contribution in [0.5, 0.6) is 0 Å². The van der Waals surface area contributed by atoms with Gasteiger partial charge in [-0.15, -0.1) is 0 Å². The van der Waals surface area contributed by atoms with Crippen molar-refractivity contribution < 1.29 is 0 Å². The molecule has 2 aliphatic heterocycles. The van der Waals surface area contributed by atoms with Crippen LogP contribution < -0.4 is 5.32 Å². The summed E-state index contributed by atoms with van der Waals surface area (Å²) in [5.74, 6) is 0. The van der Waals surface area contributed by atoms with Crippen LogP contribution >= 0.6 is 0 Å². The van der Waals surface area contributed by atoms with Gasteiger partial charge >= 0.3 is 0 Å². The van der Waals surface area contributed by atoms with E-state index in [0.717, 1.165) is 0 Å². The van der Waals surface area contributed by atoms with E-state index >= 15 is 0 Å². The lowest BCUT2D eigenvalue weighted by atomic mass is 10.4. The van der Waals surface area contributed by atoms with Crippen LogP contribution in [0.15, 0.2) is 29.8 Å². The van der Waals surface area contributed by atoms with Crippen LogP contribution in [-0.4, -0.2) is 17.3 Å². The van der Waals surface area contributed by atoms with Gasteiger partial charge in [-0.1, -0.05) is 0 Å². The molecule has 0 amide bonds. The van der Waals surface area contributed by atoms with Gasteiger partial charge in [-0.25, -0.2) is 0 Å². The average Bonchev–Trinajstić information content (AvgIpc) is 2.33. The minimum absolute atomic E-state index is 0.259. The van der Waals surface area contributed by atoms with Crippen molar-refractivity contribution in [3.8, 4) is 0 Å². The molecule has 9 heavy (non-hydrogen) atoms. The van der Waals surface area contributed by atoms with Crippen molar-refractivity contribution in [2.24, 2.45) is 4.99 Å². The van der Waals surface area contributed by atoms with E-state index in [1.165, 1.54) is 0 Å². The highest BCUT2D eigenvalue weighted by molar-refractivity contribution is 5.67. The topological polar surface area (TPSA) is 27.6 Å². The summed E-state index contributed by atoms with van der Waals surface area (Å²) in [4.78, 5) is 6.02. The van der Waals surface area contributed by atoms with Crippen LogP contribution in [-0.2, 0) is 0 Å². The van der Waals surface area contributed by atoms with Gasteiger partial charge in [0, 0.05) is 31.0 Å². The summed E-state index contributed by atoms with van der Waals surface area (Å²) in [5, 5.41) is 3.10. The molecule has 46 valence electrons. The molecule has 0 aromatic carbocycles. The maximum absolute atomic E-state index is 3.97. The number of hydrogen-bond acceptors (Lipinski definition) is 3. The third kappa shape index (κ3) is 0.614. The van der Waals surface area contributed by atoms with Gasteiger partial charge in [0.15, 0.2) is 0 Å². The van der Waals surface area contributed by atoms with Gasteiger partial charge in [0.2, 0.25) is 0 Å². The smallest absolute Gasteiger partial charge is 0.139 e. The van der Waals surface area contributed by atoms with Gasteiger partial charge in [0.1, 0.15) is 6.17 Å². The molecular weight excluding hydrogens is 114 g/mol. The van der Waals surface area contributed by atoms with Gasteiger partial charge in [0.25, 0.3) is 0 Å². The zero-order valence-corrected chi connectivity index (χ0v) is 4.86. The second-order valence-corrected chi connectivity index (χ2v) is 1.97. The van der Waals surface area contributed by atoms with Crippen molar-refractivity contribution in [2.45, 2.75) is 6.17 Å². The number of aliphatic imine (C=N–C) groups is 1. The fourth-order valence-electron chi connectivity index (χ4n) is 0.916. The summed E-state index contributed by atoms with van der Waals surface area (Å²) in [6.45, 7) is 0. The third-order valence-electron chi connectivity index (χ3n) is 1.39. The molecule has 1 atom stereocenters. The monoisotopic (exact) mass is 121 g/mol. The molecule has 1 N–H and O–H groups in total. The lowest BCUT2D eigenvalue weighted by Gasteiger charge is -2.19. The van der Waals surface area contributed by atoms with E-state index in [1.54, 1.807) is 6.20 Å². The molecule has 1 unspecified atom stereocenters. The van der Waals surface area contributed by atoms with Crippen molar-refractivity contribution in [3.05, 3.63) is 24.8 Å². The lowest BCUT2D eigenvalue weighted by molar-refractivity contribution is 0.454. The molecule has 2 aliphatic rings. The Bertz CT molecular complexity index is 192. The Morgan fingerprint density at radius 2 is 2.44 bits per heavy atom. The number of rotatable bonds is 0. The number of hydrogen-bond donors (Lipinski definition) is 1. The van der Waals surface area contributed by atoms with Crippen LogP contribution in [0, 0.1) is 0 Å². The second kappa shape index (κ2) is 1.62. The van der Waals surface area contributed by atoms with E-state index in [2.05, 4.69) is 10.3 Å². The van der Waals surface area contributed by atoms with Gasteiger partial charge in [0.05, 0.1) is 0 Å². The zero-order valence-electron chi connectivity index (χ0n) is 4.86. The summed E-state index contributed by atoms with van der Waals surface area (Å²) in [5.41, 5.74) is 0. The molecule has 0 fully saturated rings. The number of fused-ring (bicyclic) bond motifs is 1. The summed E-state index contributed by atoms with van der Waals surface area (Å²) in [6, 6.07) is 0. The Labute approximate surface area is 53.4 Å². The maximum atomic E-state index is 3.97. The van der Waals surface area contributed by atoms with Gasteiger partial charge < -0.3 is 10.2 Å². The fourth-order valence-corrected chi connectivity index (χ4v) is 0.916. The van der Waals surface area contributed by atoms with Gasteiger partial charge in [-0.05, 0) is 0 Å². The minimum atomic E-state index is 0.259. The first kappa shape index (κ1) is 4.61. The van der Waals surface area contributed by atoms with Crippen LogP contribution in [0.2, 0.25) is 0 Å². The summed E-state index contributed by atoms with van der Waals surface area (Å²) in [6.07, 6.45) is 9.71. The highest BCUT2D eigenvalue weighted by Gasteiger charge is 2.14. The maximum Gasteiger partial charge on any atom is 0.139 e. The van der Waals surface area contributed by atoms with Crippen LogP contribution in [0.4, 0.5) is 0 Å². The van der Waals surface area contributed by atoms with Gasteiger partial charge in [-0.3, -0.25) is 4.99 Å². The second-order valence-electron chi connectivity index (χ2n) is 1.97. The fraction of sp³-hybridized carbons (Fsp3) is 0.167. The van der Waals surface area contributed by atoms with Crippen molar-refractivity contribution in [2.75, 3.05) is 0 Å². The van der Waals surface area contributed by atoms with E-state index in [1.807, 2.05) is 29.7 Å². The first-order valence-corrected chi connectivity index (χ1v) is 2.87. The number of nitrogens with one attached hydrogen (secondary N) is 1. The largest absolute Gasteiger partial charge is 0.365 e. The van der Waals surface area contributed by atoms with Crippen molar-refractivity contribution in [3.63, 3.8) is 0 Å². The molecule has 0 radical (unpaired) electrons. The molecule has 3 heteroatoms. The molecular formula is C6H7N3. The van der Waals surface area contributed by atoms with E-state index < -0.39 is 0 Å². The normalized spacial score (nSPS) is 28.4. The summed E-state index contributed by atoms with van der Waals surface area (Å²) >= 11 is 0. The Balaban J connectivity index is 2.25. The molecule has 0 aromatic heterocycles. The molecule has 0 saturated heterocycles. The van der Waals surface area contributed by atoms with E-state index in [0.29, 0.717) is 0 Å². The van der Waals surface area contributed by atoms with Crippen LogP contribution in [0.1, 0.15) is 0 Å². The standard InChI is InChI=1S/C6H7N3/c1-3-9-4-2-8-6(9)5-7-1/h1-6,8H. The van der Waals surface area contributed by atoms with Crippen molar-refractivity contribution >= 4 is 6.21 Å². The van der Waals surface area contributed by atoms with E-state index in [4.69, 9.17) is 0 Å². The Morgan fingerprint density at radius 1 is 1.44 bits per heavy atom. The van der Waals surface area contributed by atoms with E-state index in [9.17, 15) is 0 Å². The zero-order chi connectivity index (χ0) is 6.10. The molecule has 0 aliphatic carbocycles.